The molecule has 3 N–H and O–H groups in total. The second kappa shape index (κ2) is 2.83. The largest absolute Gasteiger partial charge is 0.506 e. The topological polar surface area (TPSA) is 109 Å². The lowest BCUT2D eigenvalue weighted by molar-refractivity contribution is 0.472. The zero-order chi connectivity index (χ0) is 11.2. The molecule has 1 aromatic heterocycles. The van der Waals surface area contributed by atoms with Crippen LogP contribution in [0.5, 0.6) is 5.75 Å². The number of hydrogen-bond donors (Lipinski definition) is 2. The number of amidine groups is 1. The molecule has 2 rings (SSSR count). The van der Waals surface area contributed by atoms with Crippen molar-refractivity contribution in [3.63, 3.8) is 0 Å². The molecule has 7 nitrogen and oxygen atoms in total. The Labute approximate surface area is 86.1 Å². The first-order valence-electron chi connectivity index (χ1n) is 3.95. The fourth-order valence-corrected chi connectivity index (χ4v) is 2.06. The van der Waals surface area contributed by atoms with E-state index in [2.05, 4.69) is 9.38 Å². The maximum absolute atomic E-state index is 11.4. The van der Waals surface area contributed by atoms with Crippen molar-refractivity contribution in [2.24, 2.45) is 10.1 Å². The van der Waals surface area contributed by atoms with Gasteiger partial charge in [-0.2, -0.15) is 8.42 Å². The smallest absolute Gasteiger partial charge is 0.347 e. The molecule has 0 spiro atoms. The molecule has 1 aliphatic heterocycles. The van der Waals surface area contributed by atoms with Crippen LogP contribution in [-0.4, -0.2) is 31.4 Å². The standard InChI is InChI=1S/C7H8N4O3S/c1-11-7-5(2-4(12)3-9-7)6(8)10-15(11,13)14/h2-3,12H,1H3,(H2,8,10). The van der Waals surface area contributed by atoms with Gasteiger partial charge in [0.25, 0.3) is 0 Å². The first-order valence-corrected chi connectivity index (χ1v) is 5.35. The van der Waals surface area contributed by atoms with Crippen LogP contribution in [0.2, 0.25) is 0 Å². The molecule has 0 amide bonds. The van der Waals surface area contributed by atoms with E-state index in [0.29, 0.717) is 5.56 Å². The Hall–Kier alpha value is -1.83. The van der Waals surface area contributed by atoms with E-state index in [1.807, 2.05) is 0 Å². The number of nitrogens with zero attached hydrogens (tertiary/aromatic N) is 3. The van der Waals surface area contributed by atoms with Crippen LogP contribution in [-0.2, 0) is 10.2 Å². The van der Waals surface area contributed by atoms with E-state index >= 15 is 0 Å². The van der Waals surface area contributed by atoms with Crippen molar-refractivity contribution in [1.29, 1.82) is 0 Å². The Morgan fingerprint density at radius 1 is 1.53 bits per heavy atom. The highest BCUT2D eigenvalue weighted by molar-refractivity contribution is 7.91. The Bertz CT molecular complexity index is 551. The van der Waals surface area contributed by atoms with Gasteiger partial charge in [-0.3, -0.25) is 0 Å². The molecular weight excluding hydrogens is 220 g/mol. The van der Waals surface area contributed by atoms with E-state index in [9.17, 15) is 13.5 Å². The van der Waals surface area contributed by atoms with Crippen LogP contribution in [0, 0.1) is 0 Å². The van der Waals surface area contributed by atoms with E-state index in [1.54, 1.807) is 0 Å². The maximum Gasteiger partial charge on any atom is 0.347 e. The molecule has 80 valence electrons. The first kappa shape index (κ1) is 9.71. The van der Waals surface area contributed by atoms with Crippen LogP contribution >= 0.6 is 0 Å². The van der Waals surface area contributed by atoms with Crippen LogP contribution < -0.4 is 10.0 Å². The van der Waals surface area contributed by atoms with Gasteiger partial charge in [-0.05, 0) is 6.07 Å². The molecule has 8 heteroatoms. The summed E-state index contributed by atoms with van der Waals surface area (Å²) in [6, 6.07) is 1.31. The van der Waals surface area contributed by atoms with E-state index in [-0.39, 0.29) is 17.4 Å². The zero-order valence-electron chi connectivity index (χ0n) is 7.75. The molecule has 0 bridgehead atoms. The van der Waals surface area contributed by atoms with Gasteiger partial charge in [-0.25, -0.2) is 9.29 Å². The van der Waals surface area contributed by atoms with Crippen LogP contribution in [0.4, 0.5) is 5.82 Å². The number of aromatic hydroxyl groups is 1. The molecule has 0 fully saturated rings. The van der Waals surface area contributed by atoms with Gasteiger partial charge in [0.2, 0.25) is 0 Å². The van der Waals surface area contributed by atoms with Gasteiger partial charge in [0.05, 0.1) is 11.8 Å². The molecular formula is C7H8N4O3S. The van der Waals surface area contributed by atoms with Gasteiger partial charge in [0.15, 0.2) is 5.82 Å². The Morgan fingerprint density at radius 2 is 2.20 bits per heavy atom. The fraction of sp³-hybridized carbons (Fsp3) is 0.143. The summed E-state index contributed by atoms with van der Waals surface area (Å²) in [5.74, 6) is -0.119. The predicted octanol–water partition coefficient (Wildman–Crippen LogP) is -0.813. The molecule has 0 saturated carbocycles. The van der Waals surface area contributed by atoms with Gasteiger partial charge < -0.3 is 10.8 Å². The van der Waals surface area contributed by atoms with Crippen molar-refractivity contribution in [2.75, 3.05) is 11.4 Å². The molecule has 2 heterocycles. The minimum absolute atomic E-state index is 0.0976. The maximum atomic E-state index is 11.4. The highest BCUT2D eigenvalue weighted by atomic mass is 32.2. The van der Waals surface area contributed by atoms with Crippen LogP contribution in [0.25, 0.3) is 0 Å². The minimum Gasteiger partial charge on any atom is -0.506 e. The molecule has 15 heavy (non-hydrogen) atoms. The normalized spacial score (nSPS) is 18.2. The monoisotopic (exact) mass is 228 g/mol. The third-order valence-electron chi connectivity index (χ3n) is 1.99. The lowest BCUT2D eigenvalue weighted by Gasteiger charge is -2.22. The summed E-state index contributed by atoms with van der Waals surface area (Å²) in [7, 11) is -2.47. The van der Waals surface area contributed by atoms with E-state index in [0.717, 1.165) is 10.5 Å². The molecule has 1 aliphatic rings. The second-order valence-electron chi connectivity index (χ2n) is 2.99. The molecule has 0 atom stereocenters. The zero-order valence-corrected chi connectivity index (χ0v) is 8.56. The average molecular weight is 228 g/mol. The summed E-state index contributed by atoms with van der Waals surface area (Å²) < 4.78 is 27.0. The fourth-order valence-electron chi connectivity index (χ4n) is 1.23. The van der Waals surface area contributed by atoms with Gasteiger partial charge >= 0.3 is 10.2 Å². The van der Waals surface area contributed by atoms with Crippen LogP contribution in [0.15, 0.2) is 16.7 Å². The van der Waals surface area contributed by atoms with Gasteiger partial charge in [-0.15, -0.1) is 4.40 Å². The molecule has 0 saturated heterocycles. The SMILES string of the molecule is CN1c2ncc(O)cc2C(N)=NS1(=O)=O. The Balaban J connectivity index is 2.75. The van der Waals surface area contributed by atoms with Gasteiger partial charge in [0.1, 0.15) is 11.6 Å². The minimum atomic E-state index is -3.78. The van der Waals surface area contributed by atoms with Crippen LogP contribution in [0.3, 0.4) is 0 Å². The quantitative estimate of drug-likeness (QED) is 0.603. The van der Waals surface area contributed by atoms with E-state index < -0.39 is 10.2 Å². The third kappa shape index (κ3) is 1.38. The number of pyridine rings is 1. The number of nitrogens with two attached hydrogens (primary N) is 1. The van der Waals surface area contributed by atoms with Gasteiger partial charge in [0, 0.05) is 7.05 Å². The summed E-state index contributed by atoms with van der Waals surface area (Å²) in [5.41, 5.74) is 5.74. The van der Waals surface area contributed by atoms with Crippen molar-refractivity contribution >= 4 is 21.9 Å². The number of hydrogen-bond acceptors (Lipinski definition) is 5. The van der Waals surface area contributed by atoms with Crippen molar-refractivity contribution in [3.05, 3.63) is 17.8 Å². The highest BCUT2D eigenvalue weighted by Gasteiger charge is 2.28. The lowest BCUT2D eigenvalue weighted by Crippen LogP contribution is -2.34. The number of rotatable bonds is 0. The highest BCUT2D eigenvalue weighted by Crippen LogP contribution is 2.26. The number of aromatic nitrogens is 1. The molecule has 1 aromatic rings. The van der Waals surface area contributed by atoms with Crippen molar-refractivity contribution < 1.29 is 13.5 Å². The summed E-state index contributed by atoms with van der Waals surface area (Å²) in [6.45, 7) is 0. The molecule has 0 radical (unpaired) electrons. The first-order chi connectivity index (χ1) is 6.92. The summed E-state index contributed by atoms with van der Waals surface area (Å²) in [5, 5.41) is 9.18. The molecule has 0 unspecified atom stereocenters. The van der Waals surface area contributed by atoms with E-state index in [4.69, 9.17) is 5.73 Å². The van der Waals surface area contributed by atoms with E-state index in [1.165, 1.54) is 13.1 Å². The van der Waals surface area contributed by atoms with Crippen molar-refractivity contribution in [1.82, 2.24) is 4.98 Å². The molecule has 0 aliphatic carbocycles. The Morgan fingerprint density at radius 3 is 2.87 bits per heavy atom. The summed E-state index contributed by atoms with van der Waals surface area (Å²) >= 11 is 0. The average Bonchev–Trinajstić information content (AvgIpc) is 2.14. The second-order valence-corrected chi connectivity index (χ2v) is 4.61. The molecule has 0 aromatic carbocycles. The summed E-state index contributed by atoms with van der Waals surface area (Å²) in [6.07, 6.45) is 1.14. The van der Waals surface area contributed by atoms with Gasteiger partial charge in [-0.1, -0.05) is 0 Å². The number of anilines is 1. The summed E-state index contributed by atoms with van der Waals surface area (Å²) in [4.78, 5) is 3.78. The predicted molar refractivity (Wildman–Crippen MR) is 53.9 cm³/mol. The van der Waals surface area contributed by atoms with Crippen molar-refractivity contribution in [2.45, 2.75) is 0 Å². The van der Waals surface area contributed by atoms with Crippen LogP contribution in [0.1, 0.15) is 5.56 Å². The third-order valence-corrected chi connectivity index (χ3v) is 3.28. The number of fused-ring (bicyclic) bond motifs is 1. The van der Waals surface area contributed by atoms with Crippen molar-refractivity contribution in [3.8, 4) is 5.75 Å². The lowest BCUT2D eigenvalue weighted by atomic mass is 10.2. The Kier molecular flexibility index (Phi) is 1.83.